The first-order chi connectivity index (χ1) is 10.1. The normalized spacial score (nSPS) is 27.5. The lowest BCUT2D eigenvalue weighted by atomic mass is 9.81. The van der Waals surface area contributed by atoms with Crippen LogP contribution in [-0.4, -0.2) is 55.2 Å². The molecule has 3 rings (SSSR count). The number of amides is 1. The lowest BCUT2D eigenvalue weighted by Crippen LogP contribution is -2.41. The predicted octanol–water partition coefficient (Wildman–Crippen LogP) is 0.482. The molecule has 1 aromatic rings. The van der Waals surface area contributed by atoms with Crippen LogP contribution in [0.2, 0.25) is 0 Å². The van der Waals surface area contributed by atoms with Crippen LogP contribution in [0.1, 0.15) is 10.5 Å². The average Bonchev–Trinajstić information content (AvgIpc) is 3.04. The number of carbonyl (C=O) groups excluding carboxylic acids is 2. The lowest BCUT2D eigenvalue weighted by molar-refractivity contribution is -0.153. The van der Waals surface area contributed by atoms with Crippen molar-refractivity contribution in [1.29, 1.82) is 0 Å². The van der Waals surface area contributed by atoms with Crippen LogP contribution < -0.4 is 0 Å². The van der Waals surface area contributed by atoms with Gasteiger partial charge in [-0.05, 0) is 12.1 Å². The molecule has 0 radical (unpaired) electrons. The van der Waals surface area contributed by atoms with Crippen molar-refractivity contribution < 1.29 is 23.5 Å². The molecule has 2 saturated heterocycles. The Labute approximate surface area is 120 Å². The van der Waals surface area contributed by atoms with Crippen molar-refractivity contribution in [3.05, 3.63) is 29.8 Å². The van der Waals surface area contributed by atoms with Gasteiger partial charge in [0.15, 0.2) is 11.5 Å². The molecule has 0 spiro atoms. The van der Waals surface area contributed by atoms with Gasteiger partial charge in [0.2, 0.25) is 0 Å². The zero-order valence-corrected chi connectivity index (χ0v) is 11.5. The summed E-state index contributed by atoms with van der Waals surface area (Å²) in [5.74, 6) is -1.68. The Bertz CT molecular complexity index is 594. The van der Waals surface area contributed by atoms with Gasteiger partial charge in [0.25, 0.3) is 5.91 Å². The highest BCUT2D eigenvalue weighted by molar-refractivity contribution is 5.93. The van der Waals surface area contributed by atoms with Crippen LogP contribution in [0.4, 0.5) is 4.39 Å². The number of rotatable bonds is 2. The SMILES string of the molecule is COC(=O)[C@@]12COC[C@@H]1CN(C(=O)c1ncccc1F)C2. The van der Waals surface area contributed by atoms with Gasteiger partial charge in [-0.2, -0.15) is 0 Å². The second kappa shape index (κ2) is 5.07. The molecule has 0 aliphatic carbocycles. The number of nitrogens with zero attached hydrogens (tertiary/aromatic N) is 2. The zero-order valence-electron chi connectivity index (χ0n) is 11.5. The Balaban J connectivity index is 1.85. The van der Waals surface area contributed by atoms with Gasteiger partial charge >= 0.3 is 5.97 Å². The maximum Gasteiger partial charge on any atom is 0.316 e. The number of esters is 1. The molecule has 1 aromatic heterocycles. The fourth-order valence-corrected chi connectivity index (χ4v) is 3.07. The van der Waals surface area contributed by atoms with Crippen LogP contribution in [0.15, 0.2) is 18.3 Å². The molecule has 21 heavy (non-hydrogen) atoms. The summed E-state index contributed by atoms with van der Waals surface area (Å²) < 4.78 is 23.9. The van der Waals surface area contributed by atoms with E-state index in [1.54, 1.807) is 0 Å². The van der Waals surface area contributed by atoms with Gasteiger partial charge in [0.1, 0.15) is 5.41 Å². The number of pyridine rings is 1. The molecule has 2 aliphatic rings. The first-order valence-corrected chi connectivity index (χ1v) is 6.64. The summed E-state index contributed by atoms with van der Waals surface area (Å²) >= 11 is 0. The number of halogens is 1. The summed E-state index contributed by atoms with van der Waals surface area (Å²) in [6.07, 6.45) is 1.37. The topological polar surface area (TPSA) is 68.7 Å². The number of aromatic nitrogens is 1. The molecule has 112 valence electrons. The minimum absolute atomic E-state index is 0.124. The third-order valence-corrected chi connectivity index (χ3v) is 4.21. The monoisotopic (exact) mass is 294 g/mol. The molecule has 0 unspecified atom stereocenters. The highest BCUT2D eigenvalue weighted by Gasteiger charge is 2.58. The highest BCUT2D eigenvalue weighted by atomic mass is 19.1. The average molecular weight is 294 g/mol. The molecule has 0 aromatic carbocycles. The molecule has 1 amide bonds. The number of hydrogen-bond donors (Lipinski definition) is 0. The van der Waals surface area contributed by atoms with E-state index in [2.05, 4.69) is 4.98 Å². The smallest absolute Gasteiger partial charge is 0.316 e. The quantitative estimate of drug-likeness (QED) is 0.742. The van der Waals surface area contributed by atoms with E-state index >= 15 is 0 Å². The maximum atomic E-state index is 13.7. The molecular formula is C14H15FN2O4. The molecule has 6 nitrogen and oxygen atoms in total. The highest BCUT2D eigenvalue weighted by Crippen LogP contribution is 2.42. The third kappa shape index (κ3) is 2.08. The number of ether oxygens (including phenoxy) is 2. The maximum absolute atomic E-state index is 13.7. The first kappa shape index (κ1) is 13.9. The summed E-state index contributed by atoms with van der Waals surface area (Å²) in [6, 6.07) is 2.62. The Morgan fingerprint density at radius 3 is 3.10 bits per heavy atom. The number of carbonyl (C=O) groups is 2. The fourth-order valence-electron chi connectivity index (χ4n) is 3.07. The van der Waals surface area contributed by atoms with E-state index in [1.807, 2.05) is 0 Å². The lowest BCUT2D eigenvalue weighted by Gasteiger charge is -2.23. The van der Waals surface area contributed by atoms with Crippen LogP contribution in [-0.2, 0) is 14.3 Å². The Kier molecular flexibility index (Phi) is 3.36. The largest absolute Gasteiger partial charge is 0.468 e. The van der Waals surface area contributed by atoms with Crippen molar-refractivity contribution in [3.8, 4) is 0 Å². The van der Waals surface area contributed by atoms with Crippen molar-refractivity contribution in [2.24, 2.45) is 11.3 Å². The van der Waals surface area contributed by atoms with Gasteiger partial charge in [0, 0.05) is 25.2 Å². The van der Waals surface area contributed by atoms with E-state index < -0.39 is 17.1 Å². The molecule has 2 aliphatic heterocycles. The van der Waals surface area contributed by atoms with Crippen molar-refractivity contribution in [2.45, 2.75) is 0 Å². The van der Waals surface area contributed by atoms with Crippen molar-refractivity contribution >= 4 is 11.9 Å². The molecule has 7 heteroatoms. The van der Waals surface area contributed by atoms with Gasteiger partial charge in [-0.25, -0.2) is 9.37 Å². The Morgan fingerprint density at radius 2 is 2.38 bits per heavy atom. The summed E-state index contributed by atoms with van der Waals surface area (Å²) in [5.41, 5.74) is -1.06. The second-order valence-electron chi connectivity index (χ2n) is 5.38. The van der Waals surface area contributed by atoms with Gasteiger partial charge in [-0.15, -0.1) is 0 Å². The standard InChI is InChI=1S/C14H15FN2O4/c1-20-13(19)14-7-17(5-9(14)6-21-8-14)12(18)11-10(15)3-2-4-16-11/h2-4,9H,5-8H2,1H3/t9-,14-/m0/s1. The summed E-state index contributed by atoms with van der Waals surface area (Å²) in [4.78, 5) is 29.7. The molecular weight excluding hydrogens is 279 g/mol. The fraction of sp³-hybridized carbons (Fsp3) is 0.500. The first-order valence-electron chi connectivity index (χ1n) is 6.64. The number of fused-ring (bicyclic) bond motifs is 1. The second-order valence-corrected chi connectivity index (χ2v) is 5.38. The van der Waals surface area contributed by atoms with Gasteiger partial charge in [-0.1, -0.05) is 0 Å². The van der Waals surface area contributed by atoms with Crippen molar-refractivity contribution in [3.63, 3.8) is 0 Å². The molecule has 2 fully saturated rings. The summed E-state index contributed by atoms with van der Waals surface area (Å²) in [7, 11) is 1.31. The Hall–Kier alpha value is -2.02. The van der Waals surface area contributed by atoms with Gasteiger partial charge < -0.3 is 14.4 Å². The van der Waals surface area contributed by atoms with E-state index in [-0.39, 0.29) is 30.7 Å². The number of likely N-dealkylation sites (tertiary alicyclic amines) is 1. The van der Waals surface area contributed by atoms with Gasteiger partial charge in [-0.3, -0.25) is 9.59 Å². The predicted molar refractivity (Wildman–Crippen MR) is 68.9 cm³/mol. The zero-order chi connectivity index (χ0) is 15.0. The summed E-state index contributed by atoms with van der Waals surface area (Å²) in [5, 5.41) is 0. The van der Waals surface area contributed by atoms with Gasteiger partial charge in [0.05, 0.1) is 20.3 Å². The van der Waals surface area contributed by atoms with E-state index in [9.17, 15) is 14.0 Å². The van der Waals surface area contributed by atoms with Crippen LogP contribution in [0.25, 0.3) is 0 Å². The summed E-state index contributed by atoms with van der Waals surface area (Å²) in [6.45, 7) is 1.12. The third-order valence-electron chi connectivity index (χ3n) is 4.21. The van der Waals surface area contributed by atoms with Crippen LogP contribution in [0.3, 0.4) is 0 Å². The molecule has 0 saturated carbocycles. The molecule has 0 N–H and O–H groups in total. The molecule has 2 atom stereocenters. The number of methoxy groups -OCH3 is 1. The van der Waals surface area contributed by atoms with E-state index in [0.29, 0.717) is 13.2 Å². The minimum Gasteiger partial charge on any atom is -0.468 e. The van der Waals surface area contributed by atoms with E-state index in [0.717, 1.165) is 0 Å². The molecule has 0 bridgehead atoms. The van der Waals surface area contributed by atoms with Crippen LogP contribution in [0, 0.1) is 17.2 Å². The van der Waals surface area contributed by atoms with Crippen LogP contribution in [0.5, 0.6) is 0 Å². The van der Waals surface area contributed by atoms with Crippen LogP contribution >= 0.6 is 0 Å². The van der Waals surface area contributed by atoms with Crippen molar-refractivity contribution in [1.82, 2.24) is 9.88 Å². The Morgan fingerprint density at radius 1 is 1.57 bits per heavy atom. The van der Waals surface area contributed by atoms with Crippen molar-refractivity contribution in [2.75, 3.05) is 33.4 Å². The molecule has 3 heterocycles. The minimum atomic E-state index is -0.838. The van der Waals surface area contributed by atoms with E-state index in [1.165, 1.54) is 30.3 Å². The number of hydrogen-bond acceptors (Lipinski definition) is 5. The van der Waals surface area contributed by atoms with E-state index in [4.69, 9.17) is 9.47 Å².